The van der Waals surface area contributed by atoms with Crippen LogP contribution in [0.25, 0.3) is 5.00 Å². The zero-order chi connectivity index (χ0) is 45.4. The number of aliphatic imine (C=N–C) groups is 1. The van der Waals surface area contributed by atoms with E-state index in [4.69, 9.17) is 51.9 Å². The first-order valence-electron chi connectivity index (χ1n) is 21.6. The number of likely N-dealkylation sites (tertiary alicyclic amines) is 1. The Kier molecular flexibility index (Phi) is 14.7. The number of phenols is 1. The van der Waals surface area contributed by atoms with Crippen LogP contribution in [0.4, 0.5) is 0 Å². The third kappa shape index (κ3) is 10.9. The van der Waals surface area contributed by atoms with Gasteiger partial charge in [0.25, 0.3) is 5.91 Å². The van der Waals surface area contributed by atoms with Gasteiger partial charge in [-0.1, -0.05) is 30.9 Å². The normalized spacial score (nSPS) is 19.0. The Morgan fingerprint density at radius 2 is 1.89 bits per heavy atom. The summed E-state index contributed by atoms with van der Waals surface area (Å²) in [6.45, 7) is 10.8. The van der Waals surface area contributed by atoms with Crippen LogP contribution in [0.5, 0.6) is 11.5 Å². The summed E-state index contributed by atoms with van der Waals surface area (Å²) in [5.74, 6) is 3.76. The van der Waals surface area contributed by atoms with E-state index in [-0.39, 0.29) is 33.8 Å². The van der Waals surface area contributed by atoms with Crippen molar-refractivity contribution in [2.24, 2.45) is 16.3 Å². The number of piperidine rings is 1. The van der Waals surface area contributed by atoms with Crippen molar-refractivity contribution in [3.8, 4) is 22.6 Å². The fourth-order valence-corrected chi connectivity index (χ4v) is 10.3. The van der Waals surface area contributed by atoms with Crippen LogP contribution in [-0.4, -0.2) is 83.6 Å². The van der Waals surface area contributed by atoms with Gasteiger partial charge in [0.05, 0.1) is 41.0 Å². The first-order valence-corrected chi connectivity index (χ1v) is 22.8. The van der Waals surface area contributed by atoms with Crippen molar-refractivity contribution in [1.29, 1.82) is 16.1 Å². The van der Waals surface area contributed by atoms with Gasteiger partial charge in [-0.05, 0) is 119 Å². The molecular formula is C47H54ClN11O4S. The Balaban J connectivity index is 0.000000321. The average Bonchev–Trinajstić information content (AvgIpc) is 3.97. The molecule has 3 fully saturated rings. The maximum atomic E-state index is 12.5. The molecule has 4 aliphatic rings. The number of rotatable bonds is 8. The minimum absolute atomic E-state index is 0.0731. The molecule has 2 saturated carbocycles. The molecule has 4 aromatic heterocycles. The lowest BCUT2D eigenvalue weighted by Crippen LogP contribution is -2.52. The van der Waals surface area contributed by atoms with E-state index in [1.807, 2.05) is 25.1 Å². The highest BCUT2D eigenvalue weighted by molar-refractivity contribution is 7.15. The number of amidine groups is 1. The Morgan fingerprint density at radius 1 is 1.09 bits per heavy atom. The first-order chi connectivity index (χ1) is 30.8. The lowest BCUT2D eigenvalue weighted by molar-refractivity contribution is -0.115. The van der Waals surface area contributed by atoms with Crippen LogP contribution in [0, 0.1) is 61.2 Å². The van der Waals surface area contributed by atoms with Gasteiger partial charge in [-0.3, -0.25) is 30.2 Å². The molecular weight excluding hydrogens is 850 g/mol. The van der Waals surface area contributed by atoms with Gasteiger partial charge in [0.2, 0.25) is 0 Å². The number of thiophene rings is 1. The van der Waals surface area contributed by atoms with E-state index in [1.54, 1.807) is 43.0 Å². The summed E-state index contributed by atoms with van der Waals surface area (Å²) in [6, 6.07) is 10.3. The van der Waals surface area contributed by atoms with E-state index in [0.29, 0.717) is 30.5 Å². The van der Waals surface area contributed by atoms with Crippen molar-refractivity contribution in [2.45, 2.75) is 98.1 Å². The maximum absolute atomic E-state index is 12.5. The maximum Gasteiger partial charge on any atom is 0.269 e. The molecule has 0 bridgehead atoms. The number of hydrogen-bond acceptors (Lipinski definition) is 13. The number of nitriles is 1. The number of benzene rings is 1. The van der Waals surface area contributed by atoms with Gasteiger partial charge in [-0.25, -0.2) is 4.98 Å². The Hall–Kier alpha value is -6.18. The number of nitrogens with one attached hydrogen (secondary N) is 3. The van der Waals surface area contributed by atoms with E-state index in [9.17, 15) is 4.79 Å². The van der Waals surface area contributed by atoms with Crippen molar-refractivity contribution in [2.75, 3.05) is 19.7 Å². The largest absolute Gasteiger partial charge is 0.508 e. The molecule has 0 atom stereocenters. The van der Waals surface area contributed by atoms with Crippen molar-refractivity contribution in [3.63, 3.8) is 0 Å². The summed E-state index contributed by atoms with van der Waals surface area (Å²) in [4.78, 5) is 29.3. The molecule has 15 nitrogen and oxygen atoms in total. The topological polar surface area (TPSA) is 215 Å². The molecule has 0 radical (unpaired) electrons. The second kappa shape index (κ2) is 20.5. The molecule has 1 saturated heterocycles. The SMILES string of the molecule is Cc1ncco1.Cc1sc2c(c1C)C(c1ccc(OCC3CC4(CCCN(C(=N)/C=C\C(=N)C(=O)NC5CCCCC5)C4)C3)cn1)=NCc1nnc(C)n1-2.N#Cc1ccc(O)cc1Cl. The fourth-order valence-electron chi connectivity index (χ4n) is 8.85. The van der Waals surface area contributed by atoms with Crippen LogP contribution in [0.2, 0.25) is 5.02 Å². The number of phenolic OH excluding ortho intramolecular Hbond substituents is 1. The number of nitrogens with zero attached hydrogens (tertiary/aromatic N) is 8. The molecule has 2 aliphatic heterocycles. The molecule has 2 aliphatic carbocycles. The van der Waals surface area contributed by atoms with E-state index >= 15 is 0 Å². The molecule has 334 valence electrons. The van der Waals surface area contributed by atoms with Gasteiger partial charge in [-0.15, -0.1) is 21.5 Å². The van der Waals surface area contributed by atoms with Crippen molar-refractivity contribution in [1.82, 2.24) is 34.9 Å². The third-order valence-electron chi connectivity index (χ3n) is 12.2. The number of aryl methyl sites for hydroxylation is 3. The number of oxazole rings is 1. The summed E-state index contributed by atoms with van der Waals surface area (Å²) in [5.41, 5.74) is 4.51. The zero-order valence-corrected chi connectivity index (χ0v) is 38.2. The number of amides is 1. The lowest BCUT2D eigenvalue weighted by atomic mass is 9.58. The van der Waals surface area contributed by atoms with Crippen molar-refractivity contribution < 1.29 is 19.1 Å². The molecule has 1 amide bonds. The number of hydrogen-bond donors (Lipinski definition) is 4. The molecule has 0 unspecified atom stereocenters. The van der Waals surface area contributed by atoms with Gasteiger partial charge in [0, 0.05) is 36.5 Å². The first kappa shape index (κ1) is 45.8. The summed E-state index contributed by atoms with van der Waals surface area (Å²) >= 11 is 7.29. The van der Waals surface area contributed by atoms with E-state index < -0.39 is 0 Å². The predicted octanol–water partition coefficient (Wildman–Crippen LogP) is 8.77. The molecule has 1 aromatic carbocycles. The summed E-state index contributed by atoms with van der Waals surface area (Å²) in [7, 11) is 0. The lowest BCUT2D eigenvalue weighted by Gasteiger charge is -2.53. The number of aromatic hydroxyl groups is 1. The summed E-state index contributed by atoms with van der Waals surface area (Å²) < 4.78 is 13.1. The van der Waals surface area contributed by atoms with Crippen LogP contribution in [0.15, 0.2) is 70.6 Å². The highest BCUT2D eigenvalue weighted by Gasteiger charge is 2.47. The van der Waals surface area contributed by atoms with Gasteiger partial charge < -0.3 is 24.5 Å². The standard InChI is InChI=1S/C36H45N9O2S.C7H4ClNO.C4H5NO/c1-22-23(2)48-35-32(22)33(40-19-31-43-42-24(3)45(31)35)29-12-10-27(18-39-29)47-20-25-16-36(17-25)14-7-15-44(21-36)30(38)13-11-28(37)34(46)41-26-8-5-4-6-9-26;8-7-3-6(10)2-1-5(7)4-9;1-4-5-2-3-6-4/h10-13,18,25-26,37-38H,4-9,14-17,19-21H2,1-3H3,(H,41,46);1-3,10H;2-3H,1H3/b13-11-,37-28?,38-30?;;. The minimum Gasteiger partial charge on any atom is -0.508 e. The summed E-state index contributed by atoms with van der Waals surface area (Å²) in [6.07, 6.45) is 17.9. The Bertz CT molecular complexity index is 2560. The fraction of sp³-hybridized carbons (Fsp3) is 0.426. The molecule has 4 N–H and O–H groups in total. The number of pyridine rings is 1. The smallest absolute Gasteiger partial charge is 0.269 e. The molecule has 17 heteroatoms. The van der Waals surface area contributed by atoms with Crippen molar-refractivity contribution >= 4 is 46.1 Å². The molecule has 6 heterocycles. The summed E-state index contributed by atoms with van der Waals surface area (Å²) in [5, 5.41) is 47.1. The second-order valence-electron chi connectivity index (χ2n) is 16.9. The van der Waals surface area contributed by atoms with Gasteiger partial charge in [-0.2, -0.15) is 5.26 Å². The number of carbonyl (C=O) groups excluding carboxylic acids is 1. The van der Waals surface area contributed by atoms with E-state index in [0.717, 1.165) is 110 Å². The number of halogens is 1. The number of aromatic nitrogens is 5. The van der Waals surface area contributed by atoms with Crippen molar-refractivity contribution in [3.05, 3.63) is 111 Å². The quantitative estimate of drug-likeness (QED) is 0.0858. The molecule has 64 heavy (non-hydrogen) atoms. The molecule has 1 spiro atoms. The zero-order valence-electron chi connectivity index (χ0n) is 36.7. The minimum atomic E-state index is -0.339. The Labute approximate surface area is 382 Å². The van der Waals surface area contributed by atoms with Gasteiger partial charge in [0.15, 0.2) is 11.7 Å². The highest BCUT2D eigenvalue weighted by atomic mass is 35.5. The number of fused-ring (bicyclic) bond motifs is 3. The molecule has 5 aromatic rings. The number of ether oxygens (including phenoxy) is 1. The Morgan fingerprint density at radius 3 is 2.56 bits per heavy atom. The highest BCUT2D eigenvalue weighted by Crippen LogP contribution is 2.51. The van der Waals surface area contributed by atoms with Gasteiger partial charge >= 0.3 is 0 Å². The van der Waals surface area contributed by atoms with Crippen LogP contribution in [-0.2, 0) is 11.3 Å². The number of carbonyl (C=O) groups is 1. The van der Waals surface area contributed by atoms with Crippen LogP contribution < -0.4 is 10.1 Å². The second-order valence-corrected chi connectivity index (χ2v) is 18.5. The predicted molar refractivity (Wildman–Crippen MR) is 247 cm³/mol. The average molecular weight is 905 g/mol. The van der Waals surface area contributed by atoms with Gasteiger partial charge in [0.1, 0.15) is 52.7 Å². The van der Waals surface area contributed by atoms with Crippen LogP contribution >= 0.6 is 22.9 Å². The van der Waals surface area contributed by atoms with E-state index in [2.05, 4.69) is 43.8 Å². The monoisotopic (exact) mass is 903 g/mol. The van der Waals surface area contributed by atoms with E-state index in [1.165, 1.54) is 41.1 Å². The molecule has 9 rings (SSSR count). The third-order valence-corrected chi connectivity index (χ3v) is 13.7. The van der Waals surface area contributed by atoms with Crippen LogP contribution in [0.3, 0.4) is 0 Å². The van der Waals surface area contributed by atoms with Crippen LogP contribution in [0.1, 0.15) is 103 Å².